The summed E-state index contributed by atoms with van der Waals surface area (Å²) < 4.78 is 4.67. The summed E-state index contributed by atoms with van der Waals surface area (Å²) in [5, 5.41) is 0. The third kappa shape index (κ3) is 2.64. The molecule has 0 spiro atoms. The molecule has 1 aromatic heterocycles. The molecule has 0 unspecified atom stereocenters. The number of aryl methyl sites for hydroxylation is 1. The molecule has 1 amide bonds. The Kier molecular flexibility index (Phi) is 3.88. The molecule has 17 heavy (non-hydrogen) atoms. The predicted molar refractivity (Wildman–Crippen MR) is 66.6 cm³/mol. The Morgan fingerprint density at radius 3 is 2.24 bits per heavy atom. The lowest BCUT2D eigenvalue weighted by molar-refractivity contribution is 0.180. The first-order valence-electron chi connectivity index (χ1n) is 5.22. The molecule has 0 saturated carbocycles. The van der Waals surface area contributed by atoms with Crippen molar-refractivity contribution in [3.63, 3.8) is 0 Å². The van der Waals surface area contributed by atoms with E-state index < -0.39 is 6.09 Å². The number of hydrogen-bond donors (Lipinski definition) is 0. The van der Waals surface area contributed by atoms with Crippen molar-refractivity contribution in [3.05, 3.63) is 11.3 Å². The number of aromatic nitrogens is 2. The van der Waals surface area contributed by atoms with Crippen molar-refractivity contribution in [1.82, 2.24) is 9.97 Å². The third-order valence-electron chi connectivity index (χ3n) is 2.52. The van der Waals surface area contributed by atoms with Gasteiger partial charge in [-0.3, -0.25) is 4.90 Å². The normalized spacial score (nSPS) is 10.0. The van der Waals surface area contributed by atoms with Gasteiger partial charge in [-0.2, -0.15) is 4.98 Å². The van der Waals surface area contributed by atoms with E-state index in [-0.39, 0.29) is 0 Å². The van der Waals surface area contributed by atoms with Gasteiger partial charge >= 0.3 is 6.09 Å². The molecule has 0 aliphatic carbocycles. The van der Waals surface area contributed by atoms with Crippen molar-refractivity contribution in [2.24, 2.45) is 0 Å². The van der Waals surface area contributed by atoms with Crippen LogP contribution in [0.5, 0.6) is 0 Å². The van der Waals surface area contributed by atoms with Crippen LogP contribution < -0.4 is 9.80 Å². The first-order valence-corrected chi connectivity index (χ1v) is 5.22. The molecule has 0 bridgehead atoms. The van der Waals surface area contributed by atoms with E-state index in [0.717, 1.165) is 11.3 Å². The second kappa shape index (κ2) is 4.99. The molecule has 0 aliphatic rings. The van der Waals surface area contributed by atoms with Crippen LogP contribution in [0.2, 0.25) is 0 Å². The van der Waals surface area contributed by atoms with Gasteiger partial charge in [0.2, 0.25) is 5.95 Å². The largest absolute Gasteiger partial charge is 0.452 e. The Morgan fingerprint density at radius 1 is 1.18 bits per heavy atom. The lowest BCUT2D eigenvalue weighted by atomic mass is 10.2. The average molecular weight is 238 g/mol. The van der Waals surface area contributed by atoms with Gasteiger partial charge in [0.15, 0.2) is 0 Å². The van der Waals surface area contributed by atoms with Crippen molar-refractivity contribution in [3.8, 4) is 0 Å². The number of methoxy groups -OCH3 is 1. The van der Waals surface area contributed by atoms with Crippen LogP contribution >= 0.6 is 0 Å². The number of ether oxygens (including phenoxy) is 1. The van der Waals surface area contributed by atoms with E-state index >= 15 is 0 Å². The summed E-state index contributed by atoms with van der Waals surface area (Å²) in [6, 6.07) is 0. The highest BCUT2D eigenvalue weighted by Gasteiger charge is 2.18. The van der Waals surface area contributed by atoms with Gasteiger partial charge in [-0.05, 0) is 13.8 Å². The molecule has 6 nitrogen and oxygen atoms in total. The van der Waals surface area contributed by atoms with Crippen molar-refractivity contribution in [1.29, 1.82) is 0 Å². The second-order valence-electron chi connectivity index (χ2n) is 3.98. The maximum absolute atomic E-state index is 11.5. The molecule has 0 aliphatic heterocycles. The van der Waals surface area contributed by atoms with Gasteiger partial charge in [0, 0.05) is 32.4 Å². The number of anilines is 2. The molecular weight excluding hydrogens is 220 g/mol. The van der Waals surface area contributed by atoms with E-state index in [2.05, 4.69) is 14.7 Å². The number of hydrogen-bond acceptors (Lipinski definition) is 5. The third-order valence-corrected chi connectivity index (χ3v) is 2.52. The molecule has 1 heterocycles. The van der Waals surface area contributed by atoms with E-state index in [4.69, 9.17) is 0 Å². The van der Waals surface area contributed by atoms with Gasteiger partial charge in [0.1, 0.15) is 5.82 Å². The smallest absolute Gasteiger partial charge is 0.414 e. The van der Waals surface area contributed by atoms with Crippen LogP contribution in [0.1, 0.15) is 11.3 Å². The fourth-order valence-electron chi connectivity index (χ4n) is 1.35. The molecule has 0 saturated heterocycles. The Morgan fingerprint density at radius 2 is 1.76 bits per heavy atom. The van der Waals surface area contributed by atoms with E-state index in [9.17, 15) is 4.79 Å². The lowest BCUT2D eigenvalue weighted by Gasteiger charge is -2.20. The Balaban J connectivity index is 3.27. The van der Waals surface area contributed by atoms with Crippen molar-refractivity contribution >= 4 is 17.9 Å². The summed E-state index contributed by atoms with van der Waals surface area (Å²) >= 11 is 0. The van der Waals surface area contributed by atoms with Crippen molar-refractivity contribution in [2.45, 2.75) is 13.8 Å². The van der Waals surface area contributed by atoms with Crippen molar-refractivity contribution in [2.75, 3.05) is 38.1 Å². The summed E-state index contributed by atoms with van der Waals surface area (Å²) in [6.07, 6.45) is -0.448. The minimum atomic E-state index is -0.448. The van der Waals surface area contributed by atoms with Crippen molar-refractivity contribution < 1.29 is 9.53 Å². The minimum Gasteiger partial charge on any atom is -0.452 e. The van der Waals surface area contributed by atoms with Gasteiger partial charge in [0.25, 0.3) is 0 Å². The number of carbonyl (C=O) groups is 1. The van der Waals surface area contributed by atoms with Crippen LogP contribution in [0.25, 0.3) is 0 Å². The molecule has 1 rings (SSSR count). The molecular formula is C11H18N4O2. The number of nitrogens with zero attached hydrogens (tertiary/aromatic N) is 4. The first kappa shape index (κ1) is 13.2. The minimum absolute atomic E-state index is 0.448. The van der Waals surface area contributed by atoms with Crippen LogP contribution in [0.4, 0.5) is 16.6 Å². The molecule has 0 radical (unpaired) electrons. The summed E-state index contributed by atoms with van der Waals surface area (Å²) in [7, 11) is 6.67. The van der Waals surface area contributed by atoms with Crippen LogP contribution in [-0.4, -0.2) is 44.3 Å². The summed E-state index contributed by atoms with van der Waals surface area (Å²) in [4.78, 5) is 23.3. The summed E-state index contributed by atoms with van der Waals surface area (Å²) in [5.41, 5.74) is 1.71. The van der Waals surface area contributed by atoms with E-state index in [1.165, 1.54) is 12.0 Å². The van der Waals surface area contributed by atoms with Gasteiger partial charge in [-0.1, -0.05) is 0 Å². The maximum Gasteiger partial charge on any atom is 0.414 e. The summed E-state index contributed by atoms with van der Waals surface area (Å²) in [5.74, 6) is 1.13. The zero-order valence-corrected chi connectivity index (χ0v) is 11.1. The molecule has 0 aromatic carbocycles. The highest BCUT2D eigenvalue weighted by atomic mass is 16.5. The SMILES string of the molecule is COC(=O)N(C)c1nc(N(C)C)nc(C)c1C. The molecule has 1 aromatic rings. The van der Waals surface area contributed by atoms with Gasteiger partial charge in [0.05, 0.1) is 7.11 Å². The lowest BCUT2D eigenvalue weighted by Crippen LogP contribution is -2.29. The monoisotopic (exact) mass is 238 g/mol. The zero-order valence-electron chi connectivity index (χ0n) is 11.1. The highest BCUT2D eigenvalue weighted by Crippen LogP contribution is 2.21. The Bertz CT molecular complexity index is 432. The maximum atomic E-state index is 11.5. The Hall–Kier alpha value is -1.85. The van der Waals surface area contributed by atoms with E-state index in [0.29, 0.717) is 11.8 Å². The Labute approximate surface area is 101 Å². The molecule has 0 fully saturated rings. The fraction of sp³-hybridized carbons (Fsp3) is 0.545. The molecule has 94 valence electrons. The first-order chi connectivity index (χ1) is 7.88. The topological polar surface area (TPSA) is 58.6 Å². The predicted octanol–water partition coefficient (Wildman–Crippen LogP) is 1.36. The number of carbonyl (C=O) groups excluding carboxylic acids is 1. The standard InChI is InChI=1S/C11H18N4O2/c1-7-8(2)12-10(14(3)4)13-9(7)15(5)11(16)17-6/h1-6H3. The number of amides is 1. The van der Waals surface area contributed by atoms with Crippen LogP contribution in [0.3, 0.4) is 0 Å². The average Bonchev–Trinajstić information content (AvgIpc) is 2.30. The van der Waals surface area contributed by atoms with Crippen LogP contribution in [0.15, 0.2) is 0 Å². The van der Waals surface area contributed by atoms with Gasteiger partial charge in [-0.25, -0.2) is 9.78 Å². The van der Waals surface area contributed by atoms with E-state index in [1.807, 2.05) is 27.9 Å². The second-order valence-corrected chi connectivity index (χ2v) is 3.98. The molecule has 6 heteroatoms. The highest BCUT2D eigenvalue weighted by molar-refractivity contribution is 5.86. The number of rotatable bonds is 2. The van der Waals surface area contributed by atoms with Crippen LogP contribution in [0, 0.1) is 13.8 Å². The van der Waals surface area contributed by atoms with Gasteiger partial charge in [-0.15, -0.1) is 0 Å². The molecule has 0 N–H and O–H groups in total. The fourth-order valence-corrected chi connectivity index (χ4v) is 1.35. The quantitative estimate of drug-likeness (QED) is 0.778. The van der Waals surface area contributed by atoms with Gasteiger partial charge < -0.3 is 9.64 Å². The van der Waals surface area contributed by atoms with Crippen LogP contribution in [-0.2, 0) is 4.74 Å². The van der Waals surface area contributed by atoms with E-state index in [1.54, 1.807) is 11.9 Å². The molecule has 0 atom stereocenters. The zero-order chi connectivity index (χ0) is 13.2. The summed E-state index contributed by atoms with van der Waals surface area (Å²) in [6.45, 7) is 3.77.